The molecule has 0 fully saturated rings. The van der Waals surface area contributed by atoms with Gasteiger partial charge in [-0.1, -0.05) is 12.1 Å². The molecule has 0 saturated heterocycles. The molecule has 4 nitrogen and oxygen atoms in total. The molecule has 0 radical (unpaired) electrons. The Kier molecular flexibility index (Phi) is 4.97. The number of nitriles is 1. The molecule has 0 N–H and O–H groups in total. The zero-order chi connectivity index (χ0) is 14.4. The molecule has 0 bridgehead atoms. The lowest BCUT2D eigenvalue weighted by molar-refractivity contribution is 0.279. The maximum atomic E-state index is 8.90. The van der Waals surface area contributed by atoms with Crippen LogP contribution in [0.2, 0.25) is 0 Å². The third-order valence-corrected chi connectivity index (χ3v) is 3.79. The number of thiazole rings is 1. The van der Waals surface area contributed by atoms with Crippen LogP contribution in [0.4, 0.5) is 0 Å². The third-order valence-electron chi connectivity index (χ3n) is 2.66. The zero-order valence-corrected chi connectivity index (χ0v) is 12.4. The second kappa shape index (κ2) is 6.92. The SMILES string of the molecule is CCOc1ccccc1OCCc1nc(C)c(C#N)s1. The molecule has 20 heavy (non-hydrogen) atoms. The molecule has 0 amide bonds. The number of para-hydroxylation sites is 2. The fourth-order valence-electron chi connectivity index (χ4n) is 1.76. The number of aromatic nitrogens is 1. The second-order valence-electron chi connectivity index (χ2n) is 4.11. The summed E-state index contributed by atoms with van der Waals surface area (Å²) in [5.74, 6) is 1.49. The molecule has 0 atom stereocenters. The summed E-state index contributed by atoms with van der Waals surface area (Å²) >= 11 is 1.43. The van der Waals surface area contributed by atoms with Gasteiger partial charge >= 0.3 is 0 Å². The Morgan fingerprint density at radius 1 is 1.25 bits per heavy atom. The highest BCUT2D eigenvalue weighted by Gasteiger charge is 2.08. The van der Waals surface area contributed by atoms with Crippen molar-refractivity contribution in [1.29, 1.82) is 5.26 Å². The summed E-state index contributed by atoms with van der Waals surface area (Å²) in [6.07, 6.45) is 0.688. The molecule has 5 heteroatoms. The molecule has 1 aromatic carbocycles. The van der Waals surface area contributed by atoms with Crippen molar-refractivity contribution in [2.45, 2.75) is 20.3 Å². The van der Waals surface area contributed by atoms with Crippen LogP contribution >= 0.6 is 11.3 Å². The van der Waals surface area contributed by atoms with Crippen LogP contribution in [0.25, 0.3) is 0 Å². The highest BCUT2D eigenvalue weighted by atomic mass is 32.1. The maximum absolute atomic E-state index is 8.90. The van der Waals surface area contributed by atoms with Gasteiger partial charge in [-0.05, 0) is 26.0 Å². The predicted octanol–water partition coefficient (Wildman–Crippen LogP) is 3.34. The standard InChI is InChI=1S/C15H16N2O2S/c1-3-18-12-6-4-5-7-13(12)19-9-8-15-17-11(2)14(10-16)20-15/h4-7H,3,8-9H2,1-2H3. The first-order valence-electron chi connectivity index (χ1n) is 6.45. The Balaban J connectivity index is 1.94. The lowest BCUT2D eigenvalue weighted by Crippen LogP contribution is -2.03. The maximum Gasteiger partial charge on any atom is 0.161 e. The van der Waals surface area contributed by atoms with Crippen LogP contribution in [-0.2, 0) is 6.42 Å². The molecular formula is C15H16N2O2S. The van der Waals surface area contributed by atoms with E-state index >= 15 is 0 Å². The van der Waals surface area contributed by atoms with E-state index in [0.29, 0.717) is 24.5 Å². The highest BCUT2D eigenvalue weighted by Crippen LogP contribution is 2.26. The van der Waals surface area contributed by atoms with E-state index in [1.54, 1.807) is 0 Å². The number of hydrogen-bond donors (Lipinski definition) is 0. The smallest absolute Gasteiger partial charge is 0.161 e. The van der Waals surface area contributed by atoms with Crippen LogP contribution in [0.5, 0.6) is 11.5 Å². The molecule has 0 aliphatic carbocycles. The number of hydrogen-bond acceptors (Lipinski definition) is 5. The van der Waals surface area contributed by atoms with Crippen LogP contribution in [-0.4, -0.2) is 18.2 Å². The van der Waals surface area contributed by atoms with E-state index in [1.165, 1.54) is 11.3 Å². The minimum atomic E-state index is 0.516. The number of ether oxygens (including phenoxy) is 2. The van der Waals surface area contributed by atoms with Gasteiger partial charge in [0.15, 0.2) is 11.5 Å². The van der Waals surface area contributed by atoms with Crippen LogP contribution in [0.15, 0.2) is 24.3 Å². The Hall–Kier alpha value is -2.06. The van der Waals surface area contributed by atoms with Gasteiger partial charge in [0, 0.05) is 6.42 Å². The van der Waals surface area contributed by atoms with Gasteiger partial charge in [0.1, 0.15) is 10.9 Å². The summed E-state index contributed by atoms with van der Waals surface area (Å²) in [6, 6.07) is 9.76. The predicted molar refractivity (Wildman–Crippen MR) is 78.4 cm³/mol. The number of benzene rings is 1. The molecule has 2 aromatic rings. The van der Waals surface area contributed by atoms with Crippen molar-refractivity contribution in [3.05, 3.63) is 39.8 Å². The quantitative estimate of drug-likeness (QED) is 0.818. The molecule has 0 saturated carbocycles. The highest BCUT2D eigenvalue weighted by molar-refractivity contribution is 7.12. The average Bonchev–Trinajstić information content (AvgIpc) is 2.81. The van der Waals surface area contributed by atoms with E-state index in [2.05, 4.69) is 11.1 Å². The monoisotopic (exact) mass is 288 g/mol. The van der Waals surface area contributed by atoms with Crippen molar-refractivity contribution in [3.8, 4) is 17.6 Å². The lowest BCUT2D eigenvalue weighted by Gasteiger charge is -2.10. The van der Waals surface area contributed by atoms with Gasteiger partial charge in [0.2, 0.25) is 0 Å². The number of rotatable bonds is 6. The fourth-order valence-corrected chi connectivity index (χ4v) is 2.60. The lowest BCUT2D eigenvalue weighted by atomic mass is 10.3. The molecular weight excluding hydrogens is 272 g/mol. The van der Waals surface area contributed by atoms with Crippen LogP contribution in [0.3, 0.4) is 0 Å². The largest absolute Gasteiger partial charge is 0.490 e. The van der Waals surface area contributed by atoms with Gasteiger partial charge in [0.05, 0.1) is 23.9 Å². The zero-order valence-electron chi connectivity index (χ0n) is 11.5. The molecule has 104 valence electrons. The van der Waals surface area contributed by atoms with Gasteiger partial charge in [-0.15, -0.1) is 11.3 Å². The summed E-state index contributed by atoms with van der Waals surface area (Å²) < 4.78 is 11.2. The van der Waals surface area contributed by atoms with Gasteiger partial charge < -0.3 is 9.47 Å². The molecule has 0 unspecified atom stereocenters. The molecule has 2 rings (SSSR count). The van der Waals surface area contributed by atoms with Gasteiger partial charge in [-0.3, -0.25) is 0 Å². The molecule has 0 aliphatic heterocycles. The molecule has 0 aliphatic rings. The van der Waals surface area contributed by atoms with Crippen molar-refractivity contribution >= 4 is 11.3 Å². The van der Waals surface area contributed by atoms with Crippen molar-refractivity contribution in [1.82, 2.24) is 4.98 Å². The van der Waals surface area contributed by atoms with E-state index in [1.807, 2.05) is 38.1 Å². The Bertz CT molecular complexity index is 617. The van der Waals surface area contributed by atoms with E-state index in [-0.39, 0.29) is 0 Å². The van der Waals surface area contributed by atoms with Crippen LogP contribution in [0, 0.1) is 18.3 Å². The second-order valence-corrected chi connectivity index (χ2v) is 5.20. The minimum Gasteiger partial charge on any atom is -0.490 e. The Morgan fingerprint density at radius 2 is 1.95 bits per heavy atom. The number of nitrogens with zero attached hydrogens (tertiary/aromatic N) is 2. The van der Waals surface area contributed by atoms with Gasteiger partial charge in [-0.25, -0.2) is 4.98 Å². The van der Waals surface area contributed by atoms with E-state index in [9.17, 15) is 0 Å². The Morgan fingerprint density at radius 3 is 2.55 bits per heavy atom. The third kappa shape index (κ3) is 3.49. The molecule has 0 spiro atoms. The van der Waals surface area contributed by atoms with Crippen LogP contribution in [0.1, 0.15) is 22.5 Å². The first-order chi connectivity index (χ1) is 9.74. The van der Waals surface area contributed by atoms with Gasteiger partial charge in [0.25, 0.3) is 0 Å². The van der Waals surface area contributed by atoms with Crippen molar-refractivity contribution in [2.24, 2.45) is 0 Å². The summed E-state index contributed by atoms with van der Waals surface area (Å²) in [5.41, 5.74) is 0.794. The first-order valence-corrected chi connectivity index (χ1v) is 7.27. The van der Waals surface area contributed by atoms with Crippen molar-refractivity contribution in [3.63, 3.8) is 0 Å². The molecule has 1 aromatic heterocycles. The normalized spacial score (nSPS) is 10.1. The number of aryl methyl sites for hydroxylation is 1. The van der Waals surface area contributed by atoms with E-state index in [4.69, 9.17) is 14.7 Å². The minimum absolute atomic E-state index is 0.516. The van der Waals surface area contributed by atoms with Crippen molar-refractivity contribution < 1.29 is 9.47 Å². The van der Waals surface area contributed by atoms with Crippen LogP contribution < -0.4 is 9.47 Å². The summed E-state index contributed by atoms with van der Waals surface area (Å²) in [6.45, 7) is 4.92. The first kappa shape index (κ1) is 14.4. The Labute approximate surface area is 122 Å². The summed E-state index contributed by atoms with van der Waals surface area (Å²) in [7, 11) is 0. The van der Waals surface area contributed by atoms with Crippen molar-refractivity contribution in [2.75, 3.05) is 13.2 Å². The average molecular weight is 288 g/mol. The van der Waals surface area contributed by atoms with E-state index < -0.39 is 0 Å². The fraction of sp³-hybridized carbons (Fsp3) is 0.333. The van der Waals surface area contributed by atoms with Gasteiger partial charge in [-0.2, -0.15) is 5.26 Å². The molecule has 1 heterocycles. The topological polar surface area (TPSA) is 55.1 Å². The summed E-state index contributed by atoms with van der Waals surface area (Å²) in [5, 5.41) is 9.83. The summed E-state index contributed by atoms with van der Waals surface area (Å²) in [4.78, 5) is 5.03. The van der Waals surface area contributed by atoms with E-state index in [0.717, 1.165) is 22.2 Å².